The predicted octanol–water partition coefficient (Wildman–Crippen LogP) is 2.09. The zero-order chi connectivity index (χ0) is 10.8. The van der Waals surface area contributed by atoms with E-state index >= 15 is 0 Å². The van der Waals surface area contributed by atoms with Crippen molar-refractivity contribution in [3.05, 3.63) is 23.5 Å². The lowest BCUT2D eigenvalue weighted by Gasteiger charge is -2.23. The summed E-state index contributed by atoms with van der Waals surface area (Å²) in [6.07, 6.45) is 1.71. The Morgan fingerprint density at radius 1 is 1.43 bits per heavy atom. The summed E-state index contributed by atoms with van der Waals surface area (Å²) in [6, 6.07) is 1.96. The topological polar surface area (TPSA) is 45.1 Å². The fraction of sp³-hybridized carbons (Fsp3) is 0.545. The van der Waals surface area contributed by atoms with Gasteiger partial charge in [-0.2, -0.15) is 0 Å². The molecular formula is C11H18N2O. The molecule has 0 unspecified atom stereocenters. The van der Waals surface area contributed by atoms with E-state index in [0.717, 1.165) is 16.9 Å². The molecule has 0 aliphatic carbocycles. The molecular weight excluding hydrogens is 176 g/mol. The van der Waals surface area contributed by atoms with Gasteiger partial charge in [-0.3, -0.25) is 4.98 Å². The zero-order valence-electron chi connectivity index (χ0n) is 9.26. The van der Waals surface area contributed by atoms with Crippen molar-refractivity contribution in [1.29, 1.82) is 0 Å². The standard InChI is InChI=1S/C11H18N2O/c1-8-5-10(13-11(2,3)4)9(7-14)6-12-8/h5-6,14H,7H2,1-4H3,(H,12,13). The largest absolute Gasteiger partial charge is 0.392 e. The Labute approximate surface area is 85.2 Å². The smallest absolute Gasteiger partial charge is 0.0717 e. The van der Waals surface area contributed by atoms with E-state index in [-0.39, 0.29) is 12.1 Å². The van der Waals surface area contributed by atoms with Crippen molar-refractivity contribution in [3.63, 3.8) is 0 Å². The summed E-state index contributed by atoms with van der Waals surface area (Å²) in [5, 5.41) is 12.5. The second kappa shape index (κ2) is 3.96. The van der Waals surface area contributed by atoms with Gasteiger partial charge in [-0.05, 0) is 33.8 Å². The molecule has 78 valence electrons. The average Bonchev–Trinajstić information content (AvgIpc) is 2.01. The van der Waals surface area contributed by atoms with Crippen LogP contribution in [-0.2, 0) is 6.61 Å². The van der Waals surface area contributed by atoms with Crippen LogP contribution in [0.25, 0.3) is 0 Å². The predicted molar refractivity (Wildman–Crippen MR) is 58.3 cm³/mol. The molecule has 0 fully saturated rings. The first-order chi connectivity index (χ1) is 6.42. The average molecular weight is 194 g/mol. The fourth-order valence-electron chi connectivity index (χ4n) is 1.23. The van der Waals surface area contributed by atoms with E-state index in [1.54, 1.807) is 6.20 Å². The van der Waals surface area contributed by atoms with Crippen molar-refractivity contribution in [2.45, 2.75) is 39.8 Å². The minimum atomic E-state index is -0.00227. The molecule has 0 bridgehead atoms. The Bertz CT molecular complexity index is 316. The summed E-state index contributed by atoms with van der Waals surface area (Å²) >= 11 is 0. The molecule has 0 atom stereocenters. The maximum Gasteiger partial charge on any atom is 0.0717 e. The molecule has 14 heavy (non-hydrogen) atoms. The van der Waals surface area contributed by atoms with Crippen LogP contribution in [0.5, 0.6) is 0 Å². The first-order valence-electron chi connectivity index (χ1n) is 4.77. The number of pyridine rings is 1. The second-order valence-electron chi connectivity index (χ2n) is 4.52. The summed E-state index contributed by atoms with van der Waals surface area (Å²) in [6.45, 7) is 8.22. The van der Waals surface area contributed by atoms with Gasteiger partial charge in [0.05, 0.1) is 6.61 Å². The van der Waals surface area contributed by atoms with Gasteiger partial charge in [0.25, 0.3) is 0 Å². The van der Waals surface area contributed by atoms with E-state index in [1.807, 2.05) is 13.0 Å². The number of aromatic nitrogens is 1. The number of aryl methyl sites for hydroxylation is 1. The van der Waals surface area contributed by atoms with Crippen LogP contribution in [0.4, 0.5) is 5.69 Å². The SMILES string of the molecule is Cc1cc(NC(C)(C)C)c(CO)cn1. The zero-order valence-corrected chi connectivity index (χ0v) is 9.26. The Hall–Kier alpha value is -1.09. The lowest BCUT2D eigenvalue weighted by atomic mass is 10.1. The van der Waals surface area contributed by atoms with Crippen molar-refractivity contribution in [2.75, 3.05) is 5.32 Å². The van der Waals surface area contributed by atoms with Gasteiger partial charge in [0.2, 0.25) is 0 Å². The minimum absolute atomic E-state index is 0.00227. The van der Waals surface area contributed by atoms with Crippen molar-refractivity contribution in [2.24, 2.45) is 0 Å². The molecule has 0 aliphatic rings. The highest BCUT2D eigenvalue weighted by Crippen LogP contribution is 2.19. The van der Waals surface area contributed by atoms with Crippen molar-refractivity contribution in [1.82, 2.24) is 4.98 Å². The van der Waals surface area contributed by atoms with Crippen LogP contribution in [0.3, 0.4) is 0 Å². The van der Waals surface area contributed by atoms with Gasteiger partial charge in [0, 0.05) is 28.7 Å². The van der Waals surface area contributed by atoms with Crippen LogP contribution in [-0.4, -0.2) is 15.6 Å². The number of rotatable bonds is 2. The van der Waals surface area contributed by atoms with Gasteiger partial charge in [-0.1, -0.05) is 0 Å². The lowest BCUT2D eigenvalue weighted by Crippen LogP contribution is -2.26. The van der Waals surface area contributed by atoms with E-state index in [9.17, 15) is 0 Å². The van der Waals surface area contributed by atoms with Crippen LogP contribution >= 0.6 is 0 Å². The van der Waals surface area contributed by atoms with Crippen LogP contribution in [0.1, 0.15) is 32.0 Å². The summed E-state index contributed by atoms with van der Waals surface area (Å²) in [5.74, 6) is 0. The summed E-state index contributed by atoms with van der Waals surface area (Å²) in [7, 11) is 0. The summed E-state index contributed by atoms with van der Waals surface area (Å²) in [4.78, 5) is 4.14. The van der Waals surface area contributed by atoms with Gasteiger partial charge >= 0.3 is 0 Å². The summed E-state index contributed by atoms with van der Waals surface area (Å²) in [5.41, 5.74) is 2.75. The Morgan fingerprint density at radius 3 is 2.57 bits per heavy atom. The van der Waals surface area contributed by atoms with E-state index in [0.29, 0.717) is 0 Å². The Balaban J connectivity index is 2.99. The highest BCUT2D eigenvalue weighted by Gasteiger charge is 2.12. The molecule has 0 aromatic carbocycles. The van der Waals surface area contributed by atoms with Gasteiger partial charge in [-0.15, -0.1) is 0 Å². The first kappa shape index (κ1) is 11.0. The Morgan fingerprint density at radius 2 is 2.07 bits per heavy atom. The normalized spacial score (nSPS) is 11.5. The molecule has 1 rings (SSSR count). The number of nitrogens with one attached hydrogen (secondary N) is 1. The van der Waals surface area contributed by atoms with Gasteiger partial charge in [-0.25, -0.2) is 0 Å². The molecule has 0 spiro atoms. The second-order valence-corrected chi connectivity index (χ2v) is 4.52. The van der Waals surface area contributed by atoms with Crippen molar-refractivity contribution < 1.29 is 5.11 Å². The number of anilines is 1. The first-order valence-corrected chi connectivity index (χ1v) is 4.77. The monoisotopic (exact) mass is 194 g/mol. The molecule has 0 amide bonds. The number of aliphatic hydroxyl groups excluding tert-OH is 1. The molecule has 3 heteroatoms. The van der Waals surface area contributed by atoms with Crippen LogP contribution in [0.2, 0.25) is 0 Å². The molecule has 0 saturated carbocycles. The molecule has 0 saturated heterocycles. The highest BCUT2D eigenvalue weighted by molar-refractivity contribution is 5.52. The van der Waals surface area contributed by atoms with E-state index in [2.05, 4.69) is 31.1 Å². The molecule has 0 aliphatic heterocycles. The quantitative estimate of drug-likeness (QED) is 0.757. The van der Waals surface area contributed by atoms with Crippen molar-refractivity contribution >= 4 is 5.69 Å². The third-order valence-electron chi connectivity index (χ3n) is 1.80. The third-order valence-corrected chi connectivity index (χ3v) is 1.80. The molecule has 3 nitrogen and oxygen atoms in total. The number of hydrogen-bond donors (Lipinski definition) is 2. The van der Waals surface area contributed by atoms with Gasteiger partial charge < -0.3 is 10.4 Å². The number of hydrogen-bond acceptors (Lipinski definition) is 3. The Kier molecular flexibility index (Phi) is 3.11. The number of aliphatic hydroxyl groups is 1. The van der Waals surface area contributed by atoms with Gasteiger partial charge in [0.1, 0.15) is 0 Å². The highest BCUT2D eigenvalue weighted by atomic mass is 16.3. The molecule has 1 heterocycles. The van der Waals surface area contributed by atoms with Crippen LogP contribution < -0.4 is 5.32 Å². The van der Waals surface area contributed by atoms with E-state index in [4.69, 9.17) is 5.11 Å². The van der Waals surface area contributed by atoms with Crippen molar-refractivity contribution in [3.8, 4) is 0 Å². The van der Waals surface area contributed by atoms with Crippen LogP contribution in [0, 0.1) is 6.92 Å². The lowest BCUT2D eigenvalue weighted by molar-refractivity contribution is 0.282. The molecule has 2 N–H and O–H groups in total. The maximum absolute atomic E-state index is 9.13. The summed E-state index contributed by atoms with van der Waals surface area (Å²) < 4.78 is 0. The fourth-order valence-corrected chi connectivity index (χ4v) is 1.23. The van der Waals surface area contributed by atoms with E-state index < -0.39 is 0 Å². The maximum atomic E-state index is 9.13. The van der Waals surface area contributed by atoms with Gasteiger partial charge in [0.15, 0.2) is 0 Å². The minimum Gasteiger partial charge on any atom is -0.392 e. The third kappa shape index (κ3) is 3.00. The molecule has 0 radical (unpaired) electrons. The molecule has 1 aromatic rings. The van der Waals surface area contributed by atoms with Crippen LogP contribution in [0.15, 0.2) is 12.3 Å². The number of nitrogens with zero attached hydrogens (tertiary/aromatic N) is 1. The molecule has 1 aromatic heterocycles. The van der Waals surface area contributed by atoms with E-state index in [1.165, 1.54) is 0 Å².